The molecular weight excluding hydrogens is 921 g/mol. The van der Waals surface area contributed by atoms with E-state index in [1.54, 1.807) is 54.7 Å². The zero-order valence-electron chi connectivity index (χ0n) is 40.5. The molecule has 0 bridgehead atoms. The quantitative estimate of drug-likeness (QED) is 0.0847. The van der Waals surface area contributed by atoms with Gasteiger partial charge < -0.3 is 28.5 Å². The van der Waals surface area contributed by atoms with E-state index in [-0.39, 0.29) is 54.7 Å². The van der Waals surface area contributed by atoms with Gasteiger partial charge in [0.05, 0.1) is 43.7 Å². The zero-order valence-corrected chi connectivity index (χ0v) is 42.1. The smallest absolute Gasteiger partial charge is 0.306 e. The number of aliphatic carboxylic acids is 1. The number of carboxylic acid groups (broad SMARTS) is 1. The van der Waals surface area contributed by atoms with Crippen molar-refractivity contribution in [3.05, 3.63) is 166 Å². The summed E-state index contributed by atoms with van der Waals surface area (Å²) in [5, 5.41) is 19.5. The van der Waals surface area contributed by atoms with Crippen molar-refractivity contribution in [2.45, 2.75) is 154 Å². The van der Waals surface area contributed by atoms with Crippen LogP contribution in [0.5, 0.6) is 11.5 Å². The average molecular weight is 992 g/mol. The van der Waals surface area contributed by atoms with Gasteiger partial charge in [-0.3, -0.25) is 9.59 Å². The number of fused-ring (bicyclic) bond motifs is 2. The molecule has 0 radical (unpaired) electrons. The molecule has 10 nitrogen and oxygen atoms in total. The highest BCUT2D eigenvalue weighted by molar-refractivity contribution is 9.08. The third kappa shape index (κ3) is 13.3. The Kier molecular flexibility index (Phi) is 17.7. The monoisotopic (exact) mass is 990 g/mol. The van der Waals surface area contributed by atoms with Gasteiger partial charge >= 0.3 is 11.9 Å². The molecular formula is C57H71BrN2O8. The second-order valence-corrected chi connectivity index (χ2v) is 21.0. The molecule has 11 heteroatoms. The van der Waals surface area contributed by atoms with Gasteiger partial charge in [-0.05, 0) is 123 Å². The minimum absolute atomic E-state index is 0. The molecule has 2 N–H and O–H groups in total. The molecule has 2 heterocycles. The number of hydrogen-bond acceptors (Lipinski definition) is 9. The SMILES string of the molecule is C.CC1(C)CCC(C)(C)c2cc(CBr)ccc21.CC1(C)CCC(C)(C)c2cc(COc3ccc([C@H](CC(=O)O)c4cnco4)cc3)ccc21.CCOC(=O)C[C@@H](c1ccc(O)cc1)c1cnco1. The van der Waals surface area contributed by atoms with E-state index >= 15 is 0 Å². The molecule has 8 rings (SSSR count). The van der Waals surface area contributed by atoms with Crippen molar-refractivity contribution in [1.29, 1.82) is 0 Å². The molecule has 0 saturated heterocycles. The number of rotatable bonds is 13. The highest BCUT2D eigenvalue weighted by Gasteiger charge is 2.38. The van der Waals surface area contributed by atoms with Gasteiger partial charge in [0.15, 0.2) is 12.8 Å². The van der Waals surface area contributed by atoms with E-state index in [2.05, 4.69) is 118 Å². The molecule has 0 spiro atoms. The first-order valence-corrected chi connectivity index (χ1v) is 24.3. The summed E-state index contributed by atoms with van der Waals surface area (Å²) < 4.78 is 21.7. The number of aromatic hydroxyl groups is 1. The van der Waals surface area contributed by atoms with Crippen LogP contribution in [0.25, 0.3) is 0 Å². The number of carboxylic acids is 1. The normalized spacial score (nSPS) is 16.6. The van der Waals surface area contributed by atoms with Crippen molar-refractivity contribution in [2.75, 3.05) is 6.61 Å². The lowest BCUT2D eigenvalue weighted by molar-refractivity contribution is -0.143. The molecule has 68 heavy (non-hydrogen) atoms. The van der Waals surface area contributed by atoms with Crippen molar-refractivity contribution in [3.63, 3.8) is 0 Å². The van der Waals surface area contributed by atoms with Gasteiger partial charge in [-0.1, -0.05) is 139 Å². The van der Waals surface area contributed by atoms with E-state index in [0.29, 0.717) is 35.6 Å². The van der Waals surface area contributed by atoms with Crippen molar-refractivity contribution < 1.29 is 38.1 Å². The highest BCUT2D eigenvalue weighted by atomic mass is 79.9. The summed E-state index contributed by atoms with van der Waals surface area (Å²) in [4.78, 5) is 30.8. The van der Waals surface area contributed by atoms with Gasteiger partial charge in [0, 0.05) is 5.33 Å². The summed E-state index contributed by atoms with van der Waals surface area (Å²) in [6.45, 7) is 21.4. The first-order chi connectivity index (χ1) is 31.7. The molecule has 0 saturated carbocycles. The van der Waals surface area contributed by atoms with Crippen LogP contribution in [0.1, 0.15) is 176 Å². The molecule has 0 amide bonds. The topological polar surface area (TPSA) is 145 Å². The third-order valence-electron chi connectivity index (χ3n) is 13.6. The fourth-order valence-corrected chi connectivity index (χ4v) is 9.59. The van der Waals surface area contributed by atoms with Crippen LogP contribution < -0.4 is 4.74 Å². The maximum absolute atomic E-state index is 11.7. The van der Waals surface area contributed by atoms with Crippen molar-refractivity contribution in [3.8, 4) is 11.5 Å². The minimum atomic E-state index is -0.884. The molecule has 364 valence electrons. The molecule has 4 aromatic carbocycles. The van der Waals surface area contributed by atoms with Crippen molar-refractivity contribution >= 4 is 27.9 Å². The maximum atomic E-state index is 11.7. The number of ether oxygens (including phenoxy) is 2. The Balaban J connectivity index is 0.000000205. The van der Waals surface area contributed by atoms with Crippen LogP contribution in [-0.2, 0) is 47.9 Å². The predicted octanol–water partition coefficient (Wildman–Crippen LogP) is 14.2. The lowest BCUT2D eigenvalue weighted by Crippen LogP contribution is -2.33. The van der Waals surface area contributed by atoms with E-state index in [1.807, 2.05) is 24.3 Å². The number of benzene rings is 4. The van der Waals surface area contributed by atoms with Gasteiger partial charge in [0.2, 0.25) is 0 Å². The number of aromatic nitrogens is 2. The lowest BCUT2D eigenvalue weighted by Gasteiger charge is -2.42. The molecule has 0 unspecified atom stereocenters. The molecule has 0 aliphatic heterocycles. The van der Waals surface area contributed by atoms with Gasteiger partial charge in [0.25, 0.3) is 0 Å². The molecule has 2 atom stereocenters. The van der Waals surface area contributed by atoms with E-state index in [4.69, 9.17) is 18.3 Å². The number of alkyl halides is 1. The number of carbonyl (C=O) groups excluding carboxylic acids is 1. The first-order valence-electron chi connectivity index (χ1n) is 23.2. The number of oxazole rings is 2. The van der Waals surface area contributed by atoms with E-state index in [0.717, 1.165) is 27.8 Å². The Morgan fingerprint density at radius 2 is 1.09 bits per heavy atom. The summed E-state index contributed by atoms with van der Waals surface area (Å²) in [5.41, 5.74) is 11.3. The first kappa shape index (κ1) is 53.3. The Hall–Kier alpha value is -5.68. The minimum Gasteiger partial charge on any atom is -0.508 e. The number of phenolic OH excluding ortho intramolecular Hbond substituents is 1. The number of esters is 1. The molecule has 2 aromatic heterocycles. The second kappa shape index (κ2) is 22.6. The average Bonchev–Trinajstić information content (AvgIpc) is 4.05. The summed E-state index contributed by atoms with van der Waals surface area (Å²) in [6, 6.07) is 27.9. The summed E-state index contributed by atoms with van der Waals surface area (Å²) in [7, 11) is 0. The zero-order chi connectivity index (χ0) is 48.6. The molecule has 2 aliphatic carbocycles. The lowest BCUT2D eigenvalue weighted by atomic mass is 9.63. The van der Waals surface area contributed by atoms with Gasteiger partial charge in [-0.25, -0.2) is 9.97 Å². The Morgan fingerprint density at radius 3 is 1.53 bits per heavy atom. The highest BCUT2D eigenvalue weighted by Crippen LogP contribution is 2.47. The summed E-state index contributed by atoms with van der Waals surface area (Å²) in [5.74, 6) is 0.243. The standard InChI is InChI=1S/C27H31NO4.C15H21Br.C14H15NO4.CH4/c1-26(2)11-12-27(3,4)23-13-18(5-10-22(23)26)16-31-20-8-6-19(7-9-20)21(14-25(29)30)24-15-28-17-32-24;1-14(2)7-8-15(3,4)13-9-11(10-16)5-6-12(13)14;1-2-18-14(17)7-12(13-8-15-9-19-13)10-3-5-11(16)6-4-10;/h5-10,13,15,17,21H,11-12,14,16H2,1-4H3,(H,29,30);5-6,9H,7-8,10H2,1-4H3;3-6,8-9,12,16H,2,7H2,1H3;1H4/t21-;;12-;/m0.0./s1. The number of carbonyl (C=O) groups is 2. The van der Waals surface area contributed by atoms with Crippen LogP contribution in [0.4, 0.5) is 0 Å². The van der Waals surface area contributed by atoms with Crippen LogP contribution in [0, 0.1) is 0 Å². The Labute approximate surface area is 412 Å². The van der Waals surface area contributed by atoms with Crippen molar-refractivity contribution in [1.82, 2.24) is 9.97 Å². The van der Waals surface area contributed by atoms with Crippen LogP contribution in [0.3, 0.4) is 0 Å². The van der Waals surface area contributed by atoms with E-state index < -0.39 is 5.97 Å². The van der Waals surface area contributed by atoms with Crippen LogP contribution >= 0.6 is 15.9 Å². The third-order valence-corrected chi connectivity index (χ3v) is 14.3. The van der Waals surface area contributed by atoms with Gasteiger partial charge in [-0.15, -0.1) is 0 Å². The number of halogens is 1. The fraction of sp³-hybridized carbons (Fsp3) is 0.439. The molecule has 6 aromatic rings. The molecule has 0 fully saturated rings. The van der Waals surface area contributed by atoms with Gasteiger partial charge in [0.1, 0.15) is 29.6 Å². The maximum Gasteiger partial charge on any atom is 0.306 e. The van der Waals surface area contributed by atoms with Crippen LogP contribution in [0.15, 0.2) is 119 Å². The predicted molar refractivity (Wildman–Crippen MR) is 272 cm³/mol. The van der Waals surface area contributed by atoms with E-state index in [9.17, 15) is 19.8 Å². The fourth-order valence-electron chi connectivity index (χ4n) is 9.24. The van der Waals surface area contributed by atoms with Crippen LogP contribution in [-0.4, -0.2) is 38.7 Å². The second-order valence-electron chi connectivity index (χ2n) is 20.4. The van der Waals surface area contributed by atoms with Crippen LogP contribution in [0.2, 0.25) is 0 Å². The molecule has 2 aliphatic rings. The number of nitrogens with zero attached hydrogens (tertiary/aromatic N) is 2. The summed E-state index contributed by atoms with van der Waals surface area (Å²) >= 11 is 3.55. The van der Waals surface area contributed by atoms with Crippen molar-refractivity contribution in [2.24, 2.45) is 0 Å². The largest absolute Gasteiger partial charge is 0.508 e. The number of phenols is 1. The Morgan fingerprint density at radius 1 is 0.647 bits per heavy atom. The summed E-state index contributed by atoms with van der Waals surface area (Å²) in [6.07, 6.45) is 10.9. The van der Waals surface area contributed by atoms with Gasteiger partial charge in [-0.2, -0.15) is 0 Å². The van der Waals surface area contributed by atoms with E-state index in [1.165, 1.54) is 55.2 Å². The number of hydrogen-bond donors (Lipinski definition) is 2. The Bertz CT molecular complexity index is 2540.